The Labute approximate surface area is 183 Å². The third-order valence-electron chi connectivity index (χ3n) is 4.93. The van der Waals surface area contributed by atoms with Crippen LogP contribution in [-0.2, 0) is 18.4 Å². The number of esters is 1. The van der Waals surface area contributed by atoms with E-state index < -0.39 is 11.8 Å². The zero-order valence-corrected chi connectivity index (χ0v) is 17.8. The van der Waals surface area contributed by atoms with Crippen LogP contribution in [0.25, 0.3) is 11.0 Å². The van der Waals surface area contributed by atoms with Crippen LogP contribution in [-0.4, -0.2) is 29.7 Å². The maximum Gasteiger partial charge on any atom is 0.337 e. The lowest BCUT2D eigenvalue weighted by Crippen LogP contribution is -2.05. The third kappa shape index (κ3) is 4.34. The molecule has 0 radical (unpaired) electrons. The number of aromatic nitrogens is 2. The normalized spacial score (nSPS) is 10.8. The molecule has 0 atom stereocenters. The first kappa shape index (κ1) is 21.2. The summed E-state index contributed by atoms with van der Waals surface area (Å²) in [6.45, 7) is 0.191. The van der Waals surface area contributed by atoms with E-state index in [0.29, 0.717) is 28.6 Å². The highest BCUT2D eigenvalue weighted by atomic mass is 19.1. The van der Waals surface area contributed by atoms with Gasteiger partial charge in [0.15, 0.2) is 11.6 Å². The van der Waals surface area contributed by atoms with E-state index in [4.69, 9.17) is 18.9 Å². The molecular formula is C24H21FN2O5. The predicted octanol–water partition coefficient (Wildman–Crippen LogP) is 4.88. The summed E-state index contributed by atoms with van der Waals surface area (Å²) < 4.78 is 37.4. The van der Waals surface area contributed by atoms with Gasteiger partial charge in [-0.05, 0) is 42.5 Å². The lowest BCUT2D eigenvalue weighted by molar-refractivity contribution is 0.0600. The number of halogens is 1. The second-order valence-corrected chi connectivity index (χ2v) is 6.94. The minimum atomic E-state index is -0.487. The fraction of sp³-hybridized carbons (Fsp3) is 0.167. The Hall–Kier alpha value is -4.07. The molecule has 4 aromatic rings. The van der Waals surface area contributed by atoms with Crippen molar-refractivity contribution in [3.05, 3.63) is 77.9 Å². The standard InChI is InChI=1S/C24H21FN2O5/c1-27-21-12-18(32-22-13-16(29-2)7-9-19(22)25)8-10-20(21)26-23(27)14-31-17-6-4-5-15(11-17)24(28)30-3/h4-13H,14H2,1-3H3. The molecule has 32 heavy (non-hydrogen) atoms. The number of nitrogens with zero attached hydrogens (tertiary/aromatic N) is 2. The monoisotopic (exact) mass is 436 g/mol. The summed E-state index contributed by atoms with van der Waals surface area (Å²) in [6.07, 6.45) is 0. The van der Waals surface area contributed by atoms with Gasteiger partial charge < -0.3 is 23.5 Å². The molecule has 0 aliphatic rings. The molecule has 3 aromatic carbocycles. The van der Waals surface area contributed by atoms with Gasteiger partial charge in [-0.15, -0.1) is 0 Å². The molecule has 4 rings (SSSR count). The quantitative estimate of drug-likeness (QED) is 0.385. The van der Waals surface area contributed by atoms with Crippen LogP contribution in [0.15, 0.2) is 60.7 Å². The van der Waals surface area contributed by atoms with E-state index in [1.807, 2.05) is 11.6 Å². The lowest BCUT2D eigenvalue weighted by Gasteiger charge is -2.09. The number of aryl methyl sites for hydroxylation is 1. The van der Waals surface area contributed by atoms with E-state index in [1.165, 1.54) is 32.4 Å². The molecule has 0 aliphatic heterocycles. The number of rotatable bonds is 7. The summed E-state index contributed by atoms with van der Waals surface area (Å²) in [5.41, 5.74) is 1.95. The Morgan fingerprint density at radius 3 is 2.59 bits per heavy atom. The summed E-state index contributed by atoms with van der Waals surface area (Å²) in [5.74, 6) is 1.31. The van der Waals surface area contributed by atoms with Crippen molar-refractivity contribution in [3.8, 4) is 23.0 Å². The number of carbonyl (C=O) groups is 1. The van der Waals surface area contributed by atoms with Gasteiger partial charge in [-0.3, -0.25) is 0 Å². The SMILES string of the molecule is COC(=O)c1cccc(OCc2nc3ccc(Oc4cc(OC)ccc4F)cc3n2C)c1. The first-order valence-corrected chi connectivity index (χ1v) is 9.76. The smallest absolute Gasteiger partial charge is 0.337 e. The number of fused-ring (bicyclic) bond motifs is 1. The molecule has 0 saturated heterocycles. The van der Waals surface area contributed by atoms with E-state index in [0.717, 1.165) is 11.0 Å². The van der Waals surface area contributed by atoms with Gasteiger partial charge >= 0.3 is 5.97 Å². The Balaban J connectivity index is 1.54. The number of imidazole rings is 1. The summed E-state index contributed by atoms with van der Waals surface area (Å²) in [5, 5.41) is 0. The molecule has 0 saturated carbocycles. The molecule has 0 bridgehead atoms. The van der Waals surface area contributed by atoms with Crippen LogP contribution in [0.4, 0.5) is 4.39 Å². The van der Waals surface area contributed by atoms with E-state index in [-0.39, 0.29) is 12.4 Å². The molecule has 1 aromatic heterocycles. The van der Waals surface area contributed by atoms with Crippen molar-refractivity contribution in [1.29, 1.82) is 0 Å². The van der Waals surface area contributed by atoms with E-state index >= 15 is 0 Å². The zero-order valence-electron chi connectivity index (χ0n) is 17.8. The number of hydrogen-bond donors (Lipinski definition) is 0. The van der Waals surface area contributed by atoms with E-state index in [2.05, 4.69) is 4.98 Å². The van der Waals surface area contributed by atoms with Crippen LogP contribution in [0.3, 0.4) is 0 Å². The first-order chi connectivity index (χ1) is 15.5. The molecule has 0 unspecified atom stereocenters. The van der Waals surface area contributed by atoms with Crippen molar-refractivity contribution in [2.45, 2.75) is 6.61 Å². The average Bonchev–Trinajstić information content (AvgIpc) is 3.13. The predicted molar refractivity (Wildman–Crippen MR) is 116 cm³/mol. The third-order valence-corrected chi connectivity index (χ3v) is 4.93. The Morgan fingerprint density at radius 1 is 1.00 bits per heavy atom. The van der Waals surface area contributed by atoms with Gasteiger partial charge in [-0.2, -0.15) is 0 Å². The molecule has 8 heteroatoms. The number of methoxy groups -OCH3 is 2. The minimum Gasteiger partial charge on any atom is -0.497 e. The Morgan fingerprint density at radius 2 is 1.81 bits per heavy atom. The Kier molecular flexibility index (Phi) is 5.93. The highest BCUT2D eigenvalue weighted by Gasteiger charge is 2.13. The molecule has 0 fully saturated rings. The van der Waals surface area contributed by atoms with Crippen LogP contribution in [0, 0.1) is 5.82 Å². The molecule has 1 heterocycles. The number of carbonyl (C=O) groups excluding carboxylic acids is 1. The van der Waals surface area contributed by atoms with Gasteiger partial charge in [0.2, 0.25) is 0 Å². The van der Waals surface area contributed by atoms with Gasteiger partial charge in [0, 0.05) is 19.2 Å². The molecule has 0 aliphatic carbocycles. The number of hydrogen-bond acceptors (Lipinski definition) is 6. The highest BCUT2D eigenvalue weighted by Crippen LogP contribution is 2.30. The second-order valence-electron chi connectivity index (χ2n) is 6.94. The molecule has 0 N–H and O–H groups in total. The van der Waals surface area contributed by atoms with Crippen molar-refractivity contribution in [3.63, 3.8) is 0 Å². The first-order valence-electron chi connectivity index (χ1n) is 9.76. The summed E-state index contributed by atoms with van der Waals surface area (Å²) in [7, 11) is 4.69. The maximum absolute atomic E-state index is 14.1. The fourth-order valence-electron chi connectivity index (χ4n) is 3.21. The van der Waals surface area contributed by atoms with E-state index in [9.17, 15) is 9.18 Å². The number of benzene rings is 3. The van der Waals surface area contributed by atoms with Crippen molar-refractivity contribution in [2.75, 3.05) is 14.2 Å². The van der Waals surface area contributed by atoms with Gasteiger partial charge in [-0.1, -0.05) is 6.07 Å². The van der Waals surface area contributed by atoms with Gasteiger partial charge in [0.1, 0.15) is 29.7 Å². The van der Waals surface area contributed by atoms with E-state index in [1.54, 1.807) is 42.5 Å². The van der Waals surface area contributed by atoms with Crippen LogP contribution in [0.5, 0.6) is 23.0 Å². The summed E-state index contributed by atoms with van der Waals surface area (Å²) >= 11 is 0. The van der Waals surface area contributed by atoms with Crippen molar-refractivity contribution < 1.29 is 28.1 Å². The van der Waals surface area contributed by atoms with Crippen LogP contribution in [0.1, 0.15) is 16.2 Å². The fourth-order valence-corrected chi connectivity index (χ4v) is 3.21. The van der Waals surface area contributed by atoms with Gasteiger partial charge in [0.05, 0.1) is 30.8 Å². The van der Waals surface area contributed by atoms with Crippen molar-refractivity contribution >= 4 is 17.0 Å². The van der Waals surface area contributed by atoms with Gasteiger partial charge in [-0.25, -0.2) is 14.2 Å². The lowest BCUT2D eigenvalue weighted by atomic mass is 10.2. The summed E-state index contributed by atoms with van der Waals surface area (Å²) in [6, 6.07) is 16.3. The molecule has 0 amide bonds. The number of ether oxygens (including phenoxy) is 4. The highest BCUT2D eigenvalue weighted by molar-refractivity contribution is 5.89. The molecular weight excluding hydrogens is 415 g/mol. The summed E-state index contributed by atoms with van der Waals surface area (Å²) in [4.78, 5) is 16.3. The van der Waals surface area contributed by atoms with Crippen molar-refractivity contribution in [2.24, 2.45) is 7.05 Å². The zero-order chi connectivity index (χ0) is 22.7. The topological polar surface area (TPSA) is 71.8 Å². The largest absolute Gasteiger partial charge is 0.497 e. The van der Waals surface area contributed by atoms with Gasteiger partial charge in [0.25, 0.3) is 0 Å². The average molecular weight is 436 g/mol. The maximum atomic E-state index is 14.1. The van der Waals surface area contributed by atoms with Crippen LogP contribution >= 0.6 is 0 Å². The van der Waals surface area contributed by atoms with Crippen LogP contribution < -0.4 is 14.2 Å². The molecule has 7 nitrogen and oxygen atoms in total. The van der Waals surface area contributed by atoms with Crippen LogP contribution in [0.2, 0.25) is 0 Å². The van der Waals surface area contributed by atoms with Crippen molar-refractivity contribution in [1.82, 2.24) is 9.55 Å². The minimum absolute atomic E-state index is 0.0694. The molecule has 0 spiro atoms. The molecule has 164 valence electrons. The second kappa shape index (κ2) is 8.97. The Bertz CT molecular complexity index is 1280.